The number of aromatic nitrogens is 1. The number of para-hydroxylation sites is 1. The maximum Gasteiger partial charge on any atom is 0.321 e. The Hall–Kier alpha value is -1.95. The van der Waals surface area contributed by atoms with E-state index in [-0.39, 0.29) is 11.9 Å². The average molecular weight is 373 g/mol. The number of fused-ring (bicyclic) bond motifs is 2. The summed E-state index contributed by atoms with van der Waals surface area (Å²) in [6.45, 7) is 0.810. The van der Waals surface area contributed by atoms with Crippen molar-refractivity contribution in [2.45, 2.75) is 18.9 Å². The minimum absolute atomic E-state index is 0.246. The molecule has 1 atom stereocenters. The van der Waals surface area contributed by atoms with E-state index in [9.17, 15) is 4.79 Å². The van der Waals surface area contributed by atoms with E-state index in [1.807, 2.05) is 44.4 Å². The monoisotopic (exact) mass is 372 g/mol. The van der Waals surface area contributed by atoms with Gasteiger partial charge < -0.3 is 9.64 Å². The lowest BCUT2D eigenvalue weighted by Gasteiger charge is -2.23. The van der Waals surface area contributed by atoms with E-state index in [0.29, 0.717) is 17.2 Å². The van der Waals surface area contributed by atoms with E-state index < -0.39 is 0 Å². The number of rotatable bonds is 3. The van der Waals surface area contributed by atoms with Crippen LogP contribution in [-0.2, 0) is 17.8 Å². The molecule has 0 N–H and O–H groups in total. The third-order valence-electron chi connectivity index (χ3n) is 4.23. The van der Waals surface area contributed by atoms with Crippen LogP contribution in [0.15, 0.2) is 36.4 Å². The summed E-state index contributed by atoms with van der Waals surface area (Å²) < 4.78 is 6.61. The van der Waals surface area contributed by atoms with Gasteiger partial charge in [-0.2, -0.15) is 0 Å². The van der Waals surface area contributed by atoms with Gasteiger partial charge in [0.2, 0.25) is 0 Å². The molecule has 25 heavy (non-hydrogen) atoms. The lowest BCUT2D eigenvalue weighted by Crippen LogP contribution is -2.26. The molecule has 1 aliphatic heterocycles. The van der Waals surface area contributed by atoms with Crippen molar-refractivity contribution in [2.24, 2.45) is 0 Å². The van der Waals surface area contributed by atoms with Crippen LogP contribution in [-0.4, -0.2) is 29.9 Å². The van der Waals surface area contributed by atoms with E-state index in [1.165, 1.54) is 11.3 Å². The van der Waals surface area contributed by atoms with Gasteiger partial charge in [0.15, 0.2) is 0 Å². The van der Waals surface area contributed by atoms with Crippen LogP contribution < -0.4 is 4.74 Å². The highest BCUT2D eigenvalue weighted by atomic mass is 35.5. The van der Waals surface area contributed by atoms with Crippen LogP contribution in [0, 0.1) is 0 Å². The molecule has 2 aromatic carbocycles. The molecule has 2 heterocycles. The molecule has 0 bridgehead atoms. The normalized spacial score (nSPS) is 17.0. The van der Waals surface area contributed by atoms with Gasteiger partial charge in [-0.3, -0.25) is 4.79 Å². The second-order valence-electron chi connectivity index (χ2n) is 6.50. The summed E-state index contributed by atoms with van der Waals surface area (Å²) in [5, 5.41) is 1.37. The number of ether oxygens (including phenoxy) is 1. The highest BCUT2D eigenvalue weighted by Gasteiger charge is 2.32. The van der Waals surface area contributed by atoms with Crippen LogP contribution in [0.5, 0.6) is 5.75 Å². The fourth-order valence-corrected chi connectivity index (χ4v) is 4.43. The van der Waals surface area contributed by atoms with Gasteiger partial charge in [0.05, 0.1) is 9.72 Å². The van der Waals surface area contributed by atoms with Crippen molar-refractivity contribution < 1.29 is 9.53 Å². The third-order valence-corrected chi connectivity index (χ3v) is 5.67. The molecule has 1 unspecified atom stereocenters. The van der Waals surface area contributed by atoms with Crippen molar-refractivity contribution in [3.05, 3.63) is 57.6 Å². The molecule has 4 nitrogen and oxygen atoms in total. The van der Waals surface area contributed by atoms with Gasteiger partial charge in [-0.05, 0) is 49.8 Å². The Morgan fingerprint density at radius 2 is 2.16 bits per heavy atom. The molecule has 128 valence electrons. The third kappa shape index (κ3) is 3.15. The van der Waals surface area contributed by atoms with Crippen LogP contribution in [0.4, 0.5) is 0 Å². The first-order chi connectivity index (χ1) is 12.0. The van der Waals surface area contributed by atoms with Crippen LogP contribution in [0.2, 0.25) is 5.02 Å². The predicted molar refractivity (Wildman–Crippen MR) is 101 cm³/mol. The van der Waals surface area contributed by atoms with Crippen LogP contribution in [0.1, 0.15) is 22.1 Å². The molecular formula is C19H17ClN2O2S. The fraction of sp³-hybridized carbons (Fsp3) is 0.263. The minimum Gasteiger partial charge on any atom is -0.426 e. The summed E-state index contributed by atoms with van der Waals surface area (Å²) >= 11 is 7.71. The molecule has 1 aromatic heterocycles. The quantitative estimate of drug-likeness (QED) is 0.509. The molecule has 4 rings (SSSR count). The molecule has 6 heteroatoms. The Bertz CT molecular complexity index is 967. The van der Waals surface area contributed by atoms with Gasteiger partial charge in [0.1, 0.15) is 22.2 Å². The Labute approximate surface area is 155 Å². The molecule has 0 radical (unpaired) electrons. The zero-order valence-electron chi connectivity index (χ0n) is 14.0. The Balaban J connectivity index is 1.66. The highest BCUT2D eigenvalue weighted by Crippen LogP contribution is 2.38. The number of hydrogen-bond donors (Lipinski definition) is 0. The summed E-state index contributed by atoms with van der Waals surface area (Å²) in [5.74, 6) is 0.0464. The lowest BCUT2D eigenvalue weighted by atomic mass is 9.95. The molecule has 0 saturated heterocycles. The molecule has 1 aliphatic rings. The van der Waals surface area contributed by atoms with Crippen molar-refractivity contribution >= 4 is 39.1 Å². The number of hydrogen-bond acceptors (Lipinski definition) is 5. The highest BCUT2D eigenvalue weighted by molar-refractivity contribution is 7.18. The molecule has 0 saturated carbocycles. The largest absolute Gasteiger partial charge is 0.426 e. The maximum atomic E-state index is 12.6. The first kappa shape index (κ1) is 16.5. The molecule has 0 fully saturated rings. The summed E-state index contributed by atoms with van der Waals surface area (Å²) in [6.07, 6.45) is 0.605. The maximum absolute atomic E-state index is 12.6. The summed E-state index contributed by atoms with van der Waals surface area (Å²) in [6, 6.07) is 11.8. The number of benzene rings is 2. The predicted octanol–water partition coefficient (Wildman–Crippen LogP) is 4.26. The molecule has 3 aromatic rings. The van der Waals surface area contributed by atoms with Gasteiger partial charge in [-0.15, -0.1) is 11.3 Å². The Morgan fingerprint density at radius 1 is 1.32 bits per heavy atom. The number of halogens is 1. The summed E-state index contributed by atoms with van der Waals surface area (Å²) in [5.41, 5.74) is 2.92. The first-order valence-corrected chi connectivity index (χ1v) is 9.24. The zero-order chi connectivity index (χ0) is 17.6. The SMILES string of the molecule is CN(C)Cc1ccc2c(c1)OC(=O)C(c1nc3c(Cl)cccc3s1)C2. The summed E-state index contributed by atoms with van der Waals surface area (Å²) in [7, 11) is 4.03. The minimum atomic E-state index is -0.374. The average Bonchev–Trinajstić information content (AvgIpc) is 2.99. The number of esters is 1. The topological polar surface area (TPSA) is 42.4 Å². The van der Waals surface area contributed by atoms with Gasteiger partial charge >= 0.3 is 5.97 Å². The number of nitrogens with zero attached hydrogens (tertiary/aromatic N) is 2. The van der Waals surface area contributed by atoms with Crippen LogP contribution in [0.3, 0.4) is 0 Å². The second kappa shape index (κ2) is 6.41. The van der Waals surface area contributed by atoms with Crippen molar-refractivity contribution in [3.63, 3.8) is 0 Å². The first-order valence-electron chi connectivity index (χ1n) is 8.04. The van der Waals surface area contributed by atoms with Gasteiger partial charge in [0.25, 0.3) is 0 Å². The number of carbonyl (C=O) groups excluding carboxylic acids is 1. The van der Waals surface area contributed by atoms with E-state index in [1.54, 1.807) is 0 Å². The van der Waals surface area contributed by atoms with E-state index in [2.05, 4.69) is 16.0 Å². The van der Waals surface area contributed by atoms with Crippen molar-refractivity contribution in [3.8, 4) is 5.75 Å². The van der Waals surface area contributed by atoms with Crippen LogP contribution in [0.25, 0.3) is 10.2 Å². The molecule has 0 amide bonds. The summed E-state index contributed by atoms with van der Waals surface area (Å²) in [4.78, 5) is 19.2. The van der Waals surface area contributed by atoms with E-state index in [0.717, 1.165) is 32.9 Å². The van der Waals surface area contributed by atoms with Crippen LogP contribution >= 0.6 is 22.9 Å². The van der Waals surface area contributed by atoms with E-state index >= 15 is 0 Å². The van der Waals surface area contributed by atoms with Crippen molar-refractivity contribution in [1.82, 2.24) is 9.88 Å². The van der Waals surface area contributed by atoms with Gasteiger partial charge in [-0.1, -0.05) is 29.8 Å². The van der Waals surface area contributed by atoms with E-state index in [4.69, 9.17) is 16.3 Å². The van der Waals surface area contributed by atoms with Gasteiger partial charge in [0, 0.05) is 6.54 Å². The Kier molecular flexibility index (Phi) is 4.23. The second-order valence-corrected chi connectivity index (χ2v) is 7.97. The molecule has 0 spiro atoms. The fourth-order valence-electron chi connectivity index (χ4n) is 3.08. The molecular weight excluding hydrogens is 356 g/mol. The smallest absolute Gasteiger partial charge is 0.321 e. The van der Waals surface area contributed by atoms with Crippen molar-refractivity contribution in [1.29, 1.82) is 0 Å². The van der Waals surface area contributed by atoms with Crippen molar-refractivity contribution in [2.75, 3.05) is 14.1 Å². The molecule has 0 aliphatic carbocycles. The number of thiazole rings is 1. The lowest BCUT2D eigenvalue weighted by molar-refractivity contribution is -0.137. The standard InChI is InChI=1S/C19H17ClN2O2S/c1-22(2)10-11-6-7-12-9-13(19(23)24-15(12)8-11)18-21-17-14(20)4-3-5-16(17)25-18/h3-8,13H,9-10H2,1-2H3. The number of carbonyl (C=O) groups is 1. The zero-order valence-corrected chi connectivity index (χ0v) is 15.5. The Morgan fingerprint density at radius 3 is 2.92 bits per heavy atom. The van der Waals surface area contributed by atoms with Gasteiger partial charge in [-0.25, -0.2) is 4.98 Å².